The van der Waals surface area contributed by atoms with Crippen LogP contribution < -0.4 is 5.32 Å². The summed E-state index contributed by atoms with van der Waals surface area (Å²) in [7, 11) is 0. The molecule has 0 aromatic carbocycles. The zero-order valence-electron chi connectivity index (χ0n) is 10.8. The van der Waals surface area contributed by atoms with Crippen molar-refractivity contribution in [3.05, 3.63) is 0 Å². The van der Waals surface area contributed by atoms with Crippen molar-refractivity contribution in [1.29, 1.82) is 0 Å². The summed E-state index contributed by atoms with van der Waals surface area (Å²) in [6.45, 7) is 7.25. The van der Waals surface area contributed by atoms with Gasteiger partial charge in [0, 0.05) is 6.54 Å². The molecule has 3 nitrogen and oxygen atoms in total. The Morgan fingerprint density at radius 2 is 2.12 bits per heavy atom. The average Bonchev–Trinajstić information content (AvgIpc) is 2.47. The second kappa shape index (κ2) is 4.36. The van der Waals surface area contributed by atoms with Crippen LogP contribution in [0.1, 0.15) is 52.9 Å². The zero-order chi connectivity index (χ0) is 11.8. The first-order valence-corrected chi connectivity index (χ1v) is 6.69. The predicted octanol–water partition coefficient (Wildman–Crippen LogP) is 2.12. The molecular weight excluding hydrogens is 200 g/mol. The number of hydrogen-bond acceptors (Lipinski definition) is 2. The minimum Gasteiger partial charge on any atom is -0.325 e. The number of carbonyl (C=O) groups is 1. The minimum atomic E-state index is -0.315. The van der Waals surface area contributed by atoms with E-state index in [2.05, 4.69) is 24.1 Å². The minimum absolute atomic E-state index is 0.262. The standard InChI is InChI=1S/C13H24N2O/c1-4-11-14-13(3,5-2)12(16)15(11)9-10-7-6-8-10/h10-11,14H,4-9H2,1-3H3. The number of carbonyl (C=O) groups excluding carboxylic acids is 1. The third-order valence-corrected chi connectivity index (χ3v) is 4.37. The van der Waals surface area contributed by atoms with Crippen LogP contribution in [0.15, 0.2) is 0 Å². The lowest BCUT2D eigenvalue weighted by atomic mass is 9.85. The Bertz CT molecular complexity index is 275. The highest BCUT2D eigenvalue weighted by atomic mass is 16.2. The van der Waals surface area contributed by atoms with Gasteiger partial charge in [-0.2, -0.15) is 0 Å². The zero-order valence-corrected chi connectivity index (χ0v) is 10.8. The molecule has 1 amide bonds. The summed E-state index contributed by atoms with van der Waals surface area (Å²) in [5, 5.41) is 3.50. The monoisotopic (exact) mass is 224 g/mol. The van der Waals surface area contributed by atoms with Crippen molar-refractivity contribution < 1.29 is 4.79 Å². The lowest BCUT2D eigenvalue weighted by Crippen LogP contribution is -2.43. The summed E-state index contributed by atoms with van der Waals surface area (Å²) in [6.07, 6.45) is 6.11. The van der Waals surface area contributed by atoms with E-state index in [9.17, 15) is 4.79 Å². The first kappa shape index (κ1) is 11.9. The van der Waals surface area contributed by atoms with Gasteiger partial charge in [-0.1, -0.05) is 20.3 Å². The quantitative estimate of drug-likeness (QED) is 0.793. The Kier molecular flexibility index (Phi) is 3.24. The number of rotatable bonds is 4. The summed E-state index contributed by atoms with van der Waals surface area (Å²) < 4.78 is 0. The largest absolute Gasteiger partial charge is 0.325 e. The Hall–Kier alpha value is -0.570. The summed E-state index contributed by atoms with van der Waals surface area (Å²) >= 11 is 0. The molecule has 2 atom stereocenters. The SMILES string of the molecule is CCC1NC(C)(CC)C(=O)N1CC1CCC1. The van der Waals surface area contributed by atoms with Crippen LogP contribution in [0.5, 0.6) is 0 Å². The van der Waals surface area contributed by atoms with Gasteiger partial charge in [-0.15, -0.1) is 0 Å². The maximum Gasteiger partial charge on any atom is 0.243 e. The number of amides is 1. The highest BCUT2D eigenvalue weighted by Crippen LogP contribution is 2.31. The molecule has 1 aliphatic carbocycles. The molecule has 0 bridgehead atoms. The number of hydrogen-bond donors (Lipinski definition) is 1. The first-order valence-electron chi connectivity index (χ1n) is 6.69. The molecule has 1 saturated heterocycles. The molecule has 92 valence electrons. The fourth-order valence-electron chi connectivity index (χ4n) is 2.71. The van der Waals surface area contributed by atoms with E-state index in [-0.39, 0.29) is 11.7 Å². The van der Waals surface area contributed by atoms with E-state index < -0.39 is 0 Å². The van der Waals surface area contributed by atoms with E-state index in [4.69, 9.17) is 0 Å². The second-order valence-corrected chi connectivity index (χ2v) is 5.51. The molecule has 1 heterocycles. The van der Waals surface area contributed by atoms with Gasteiger partial charge in [0.2, 0.25) is 5.91 Å². The van der Waals surface area contributed by atoms with Gasteiger partial charge in [0.1, 0.15) is 0 Å². The molecule has 3 heteroatoms. The lowest BCUT2D eigenvalue weighted by Gasteiger charge is -2.32. The molecule has 16 heavy (non-hydrogen) atoms. The van der Waals surface area contributed by atoms with Crippen LogP contribution in [-0.4, -0.2) is 29.1 Å². The van der Waals surface area contributed by atoms with Crippen LogP contribution in [0.25, 0.3) is 0 Å². The highest BCUT2D eigenvalue weighted by Gasteiger charge is 2.46. The third kappa shape index (κ3) is 1.86. The molecule has 2 aliphatic rings. The predicted molar refractivity (Wildman–Crippen MR) is 65.0 cm³/mol. The number of nitrogens with one attached hydrogen (secondary N) is 1. The van der Waals surface area contributed by atoms with Crippen LogP contribution in [-0.2, 0) is 4.79 Å². The van der Waals surface area contributed by atoms with Crippen LogP contribution in [0.4, 0.5) is 0 Å². The normalized spacial score (nSPS) is 35.6. The summed E-state index contributed by atoms with van der Waals surface area (Å²) in [5.74, 6) is 1.08. The van der Waals surface area contributed by atoms with Crippen LogP contribution in [0.3, 0.4) is 0 Å². The molecule has 0 radical (unpaired) electrons. The Morgan fingerprint density at radius 1 is 1.44 bits per heavy atom. The van der Waals surface area contributed by atoms with Gasteiger partial charge in [-0.05, 0) is 38.5 Å². The van der Waals surface area contributed by atoms with Gasteiger partial charge in [-0.25, -0.2) is 0 Å². The van der Waals surface area contributed by atoms with Crippen molar-refractivity contribution in [1.82, 2.24) is 10.2 Å². The van der Waals surface area contributed by atoms with Gasteiger partial charge in [0.05, 0.1) is 11.7 Å². The molecule has 2 fully saturated rings. The number of nitrogens with zero attached hydrogens (tertiary/aromatic N) is 1. The maximum absolute atomic E-state index is 12.4. The molecule has 0 aromatic rings. The maximum atomic E-state index is 12.4. The topological polar surface area (TPSA) is 32.3 Å². The van der Waals surface area contributed by atoms with Gasteiger partial charge in [0.15, 0.2) is 0 Å². The molecule has 2 rings (SSSR count). The van der Waals surface area contributed by atoms with E-state index in [0.717, 1.165) is 25.3 Å². The van der Waals surface area contributed by atoms with E-state index in [1.807, 2.05) is 6.92 Å². The van der Waals surface area contributed by atoms with Crippen molar-refractivity contribution >= 4 is 5.91 Å². The van der Waals surface area contributed by atoms with Crippen molar-refractivity contribution in [2.24, 2.45) is 5.92 Å². The van der Waals surface area contributed by atoms with E-state index in [0.29, 0.717) is 5.91 Å². The third-order valence-electron chi connectivity index (χ3n) is 4.37. The van der Waals surface area contributed by atoms with Gasteiger partial charge in [0.25, 0.3) is 0 Å². The van der Waals surface area contributed by atoms with Crippen molar-refractivity contribution in [3.8, 4) is 0 Å². The van der Waals surface area contributed by atoms with Gasteiger partial charge >= 0.3 is 0 Å². The molecule has 1 aliphatic heterocycles. The molecule has 0 aromatic heterocycles. The van der Waals surface area contributed by atoms with E-state index in [1.54, 1.807) is 0 Å². The van der Waals surface area contributed by atoms with E-state index in [1.165, 1.54) is 19.3 Å². The van der Waals surface area contributed by atoms with E-state index >= 15 is 0 Å². The summed E-state index contributed by atoms with van der Waals surface area (Å²) in [4.78, 5) is 14.5. The molecular formula is C13H24N2O. The lowest BCUT2D eigenvalue weighted by molar-refractivity contribution is -0.133. The molecule has 1 N–H and O–H groups in total. The Labute approximate surface area is 98.6 Å². The second-order valence-electron chi connectivity index (χ2n) is 5.51. The summed E-state index contributed by atoms with van der Waals surface area (Å²) in [6, 6.07) is 0. The van der Waals surface area contributed by atoms with Crippen molar-refractivity contribution in [3.63, 3.8) is 0 Å². The van der Waals surface area contributed by atoms with Crippen LogP contribution >= 0.6 is 0 Å². The van der Waals surface area contributed by atoms with Crippen molar-refractivity contribution in [2.75, 3.05) is 6.54 Å². The highest BCUT2D eigenvalue weighted by molar-refractivity contribution is 5.88. The van der Waals surface area contributed by atoms with Gasteiger partial charge < -0.3 is 4.90 Å². The van der Waals surface area contributed by atoms with Crippen LogP contribution in [0, 0.1) is 5.92 Å². The fourth-order valence-corrected chi connectivity index (χ4v) is 2.71. The fraction of sp³-hybridized carbons (Fsp3) is 0.923. The smallest absolute Gasteiger partial charge is 0.243 e. The summed E-state index contributed by atoms with van der Waals surface area (Å²) in [5.41, 5.74) is -0.315. The average molecular weight is 224 g/mol. The first-order chi connectivity index (χ1) is 7.60. The Morgan fingerprint density at radius 3 is 2.56 bits per heavy atom. The molecule has 0 spiro atoms. The Balaban J connectivity index is 2.05. The molecule has 2 unspecified atom stereocenters. The van der Waals surface area contributed by atoms with Crippen molar-refractivity contribution in [2.45, 2.75) is 64.6 Å². The van der Waals surface area contributed by atoms with Crippen LogP contribution in [0.2, 0.25) is 0 Å². The molecule has 1 saturated carbocycles. The van der Waals surface area contributed by atoms with Gasteiger partial charge in [-0.3, -0.25) is 10.1 Å².